The van der Waals surface area contributed by atoms with Gasteiger partial charge in [-0.1, -0.05) is 25.1 Å². The maximum atomic E-state index is 13.5. The number of nitrogens with zero attached hydrogens (tertiary/aromatic N) is 2. The van der Waals surface area contributed by atoms with Crippen molar-refractivity contribution in [2.45, 2.75) is 65.0 Å². The van der Waals surface area contributed by atoms with Crippen molar-refractivity contribution in [3.05, 3.63) is 64.4 Å². The third kappa shape index (κ3) is 5.12. The van der Waals surface area contributed by atoms with Crippen molar-refractivity contribution < 1.29 is 14.3 Å². The second-order valence-corrected chi connectivity index (χ2v) is 9.27. The first kappa shape index (κ1) is 24.3. The van der Waals surface area contributed by atoms with Crippen molar-refractivity contribution in [1.29, 1.82) is 0 Å². The molecule has 1 saturated heterocycles. The molecule has 0 radical (unpaired) electrons. The van der Waals surface area contributed by atoms with Crippen LogP contribution in [0, 0.1) is 6.92 Å². The fourth-order valence-corrected chi connectivity index (χ4v) is 5.27. The first-order chi connectivity index (χ1) is 16.5. The smallest absolute Gasteiger partial charge is 0.251 e. The second-order valence-electron chi connectivity index (χ2n) is 9.27. The van der Waals surface area contributed by atoms with Gasteiger partial charge in [-0.2, -0.15) is 0 Å². The number of aromatic nitrogens is 1. The first-order valence-corrected chi connectivity index (χ1v) is 12.5. The van der Waals surface area contributed by atoms with Gasteiger partial charge in [0.15, 0.2) is 0 Å². The number of pyridine rings is 1. The zero-order chi connectivity index (χ0) is 24.1. The van der Waals surface area contributed by atoms with Crippen molar-refractivity contribution in [2.24, 2.45) is 0 Å². The van der Waals surface area contributed by atoms with Gasteiger partial charge in [-0.15, -0.1) is 0 Å². The molecule has 1 aromatic carbocycles. The Labute approximate surface area is 203 Å². The predicted octanol–water partition coefficient (Wildman–Crippen LogP) is 4.94. The molecule has 6 heteroatoms. The molecule has 2 aliphatic heterocycles. The van der Waals surface area contributed by atoms with Crippen LogP contribution in [0.5, 0.6) is 5.88 Å². The minimum atomic E-state index is -0.0601. The summed E-state index contributed by atoms with van der Waals surface area (Å²) in [6.45, 7) is 9.28. The highest BCUT2D eigenvalue weighted by molar-refractivity contribution is 5.97. The fraction of sp³-hybridized carbons (Fsp3) is 0.500. The Hall–Kier alpha value is -2.86. The SMILES string of the molecule is CCN(c1cccc2c1CC=CCC(C)c1cc(C)nc(OC)c1CNC2=O)C1CCOCC1. The Morgan fingerprint density at radius 3 is 2.74 bits per heavy atom. The van der Waals surface area contributed by atoms with Gasteiger partial charge in [0.1, 0.15) is 0 Å². The van der Waals surface area contributed by atoms with E-state index in [0.717, 1.165) is 73.5 Å². The van der Waals surface area contributed by atoms with Gasteiger partial charge in [-0.05, 0) is 74.8 Å². The predicted molar refractivity (Wildman–Crippen MR) is 136 cm³/mol. The van der Waals surface area contributed by atoms with Crippen molar-refractivity contribution in [1.82, 2.24) is 10.3 Å². The average molecular weight is 464 g/mol. The Bertz CT molecular complexity index is 1040. The lowest BCUT2D eigenvalue weighted by Crippen LogP contribution is -2.40. The van der Waals surface area contributed by atoms with Gasteiger partial charge >= 0.3 is 0 Å². The fourth-order valence-electron chi connectivity index (χ4n) is 5.27. The number of ether oxygens (including phenoxy) is 2. The number of fused-ring (bicyclic) bond motifs is 2. The van der Waals surface area contributed by atoms with Crippen LogP contribution in [0.2, 0.25) is 0 Å². The number of methoxy groups -OCH3 is 1. The van der Waals surface area contributed by atoms with Gasteiger partial charge in [0.05, 0.1) is 7.11 Å². The van der Waals surface area contributed by atoms with Crippen molar-refractivity contribution >= 4 is 11.6 Å². The number of carbonyl (C=O) groups is 1. The molecular formula is C28H37N3O3. The summed E-state index contributed by atoms with van der Waals surface area (Å²) in [6, 6.07) is 8.67. The minimum Gasteiger partial charge on any atom is -0.481 e. The molecule has 6 nitrogen and oxygen atoms in total. The van der Waals surface area contributed by atoms with Crippen LogP contribution in [-0.4, -0.2) is 43.8 Å². The number of rotatable bonds is 4. The van der Waals surface area contributed by atoms with E-state index in [9.17, 15) is 4.79 Å². The molecule has 0 bridgehead atoms. The van der Waals surface area contributed by atoms with E-state index in [2.05, 4.69) is 53.3 Å². The van der Waals surface area contributed by atoms with Crippen molar-refractivity contribution in [3.8, 4) is 5.88 Å². The Kier molecular flexibility index (Phi) is 7.88. The van der Waals surface area contributed by atoms with Crippen molar-refractivity contribution in [3.63, 3.8) is 0 Å². The number of aryl methyl sites for hydroxylation is 1. The number of nitrogens with one attached hydrogen (secondary N) is 1. The monoisotopic (exact) mass is 463 g/mol. The molecule has 3 heterocycles. The second kappa shape index (κ2) is 11.0. The van der Waals surface area contributed by atoms with Gasteiger partial charge in [0.25, 0.3) is 5.91 Å². The molecule has 0 spiro atoms. The molecule has 0 saturated carbocycles. The molecule has 2 aromatic rings. The van der Waals surface area contributed by atoms with E-state index in [1.165, 1.54) is 5.56 Å². The van der Waals surface area contributed by atoms with E-state index in [4.69, 9.17) is 9.47 Å². The molecule has 34 heavy (non-hydrogen) atoms. The zero-order valence-corrected chi connectivity index (χ0v) is 20.9. The Balaban J connectivity index is 1.73. The van der Waals surface area contributed by atoms with Gasteiger partial charge in [-0.25, -0.2) is 4.98 Å². The number of hydrogen-bond donors (Lipinski definition) is 1. The van der Waals surface area contributed by atoms with E-state index in [0.29, 0.717) is 24.4 Å². The molecule has 2 aliphatic rings. The highest BCUT2D eigenvalue weighted by Gasteiger charge is 2.25. The highest BCUT2D eigenvalue weighted by atomic mass is 16.5. The number of benzene rings is 1. The van der Waals surface area contributed by atoms with E-state index in [-0.39, 0.29) is 5.91 Å². The number of hydrogen-bond acceptors (Lipinski definition) is 5. The summed E-state index contributed by atoms with van der Waals surface area (Å²) < 4.78 is 11.2. The summed E-state index contributed by atoms with van der Waals surface area (Å²) >= 11 is 0. The average Bonchev–Trinajstić information content (AvgIpc) is 2.86. The summed E-state index contributed by atoms with van der Waals surface area (Å²) in [6.07, 6.45) is 8.15. The topological polar surface area (TPSA) is 63.7 Å². The third-order valence-electron chi connectivity index (χ3n) is 7.05. The minimum absolute atomic E-state index is 0.0601. The molecule has 1 unspecified atom stereocenters. The summed E-state index contributed by atoms with van der Waals surface area (Å²) in [4.78, 5) is 20.5. The number of allylic oxidation sites excluding steroid dienone is 2. The number of amides is 1. The lowest BCUT2D eigenvalue weighted by atomic mass is 9.91. The van der Waals surface area contributed by atoms with Crippen LogP contribution in [0.4, 0.5) is 5.69 Å². The van der Waals surface area contributed by atoms with Crippen LogP contribution < -0.4 is 15.0 Å². The lowest BCUT2D eigenvalue weighted by molar-refractivity contribution is 0.0845. The molecule has 182 valence electrons. The summed E-state index contributed by atoms with van der Waals surface area (Å²) in [5.74, 6) is 0.825. The van der Waals surface area contributed by atoms with E-state index < -0.39 is 0 Å². The number of carbonyl (C=O) groups excluding carboxylic acids is 1. The molecule has 1 aromatic heterocycles. The van der Waals surface area contributed by atoms with Gasteiger partial charge in [0, 0.05) is 54.9 Å². The number of anilines is 1. The maximum absolute atomic E-state index is 13.5. The highest BCUT2D eigenvalue weighted by Crippen LogP contribution is 2.32. The van der Waals surface area contributed by atoms with Gasteiger partial charge in [-0.3, -0.25) is 4.79 Å². The molecule has 1 fully saturated rings. The summed E-state index contributed by atoms with van der Waals surface area (Å²) in [5.41, 5.74) is 6.05. The molecule has 4 rings (SSSR count). The third-order valence-corrected chi connectivity index (χ3v) is 7.05. The summed E-state index contributed by atoms with van der Waals surface area (Å²) in [7, 11) is 1.64. The largest absolute Gasteiger partial charge is 0.481 e. The van der Waals surface area contributed by atoms with Crippen molar-refractivity contribution in [2.75, 3.05) is 31.8 Å². The molecule has 1 atom stereocenters. The first-order valence-electron chi connectivity index (χ1n) is 12.5. The molecule has 1 N–H and O–H groups in total. The Morgan fingerprint density at radius 1 is 1.21 bits per heavy atom. The lowest BCUT2D eigenvalue weighted by Gasteiger charge is -2.37. The molecule has 0 aliphatic carbocycles. The van der Waals surface area contributed by atoms with Crippen LogP contribution >= 0.6 is 0 Å². The molecule has 1 amide bonds. The maximum Gasteiger partial charge on any atom is 0.251 e. The normalized spacial score (nSPS) is 19.3. The van der Waals surface area contributed by atoms with Gasteiger partial charge < -0.3 is 19.7 Å². The van der Waals surface area contributed by atoms with E-state index >= 15 is 0 Å². The van der Waals surface area contributed by atoms with Gasteiger partial charge in [0.2, 0.25) is 5.88 Å². The van der Waals surface area contributed by atoms with E-state index in [1.54, 1.807) is 7.11 Å². The van der Waals surface area contributed by atoms with Crippen LogP contribution in [0.3, 0.4) is 0 Å². The van der Waals surface area contributed by atoms with Crippen LogP contribution in [-0.2, 0) is 17.7 Å². The zero-order valence-electron chi connectivity index (χ0n) is 20.9. The van der Waals surface area contributed by atoms with E-state index in [1.807, 2.05) is 19.1 Å². The Morgan fingerprint density at radius 2 is 2.00 bits per heavy atom. The summed E-state index contributed by atoms with van der Waals surface area (Å²) in [5, 5.41) is 3.17. The van der Waals surface area contributed by atoms with Crippen LogP contribution in [0.1, 0.15) is 71.8 Å². The van der Waals surface area contributed by atoms with Crippen LogP contribution in [0.25, 0.3) is 0 Å². The molecular weight excluding hydrogens is 426 g/mol. The van der Waals surface area contributed by atoms with Crippen LogP contribution in [0.15, 0.2) is 36.4 Å². The quantitative estimate of drug-likeness (QED) is 0.651. The standard InChI is InChI=1S/C28H37N3O3/c1-5-31(21-13-15-34-16-14-21)26-12-8-11-23-22(26)10-7-6-9-19(2)24-17-20(3)30-28(33-4)25(24)18-29-27(23)32/h6-8,11-12,17,19,21H,5,9-10,13-16,18H2,1-4H3,(H,29,32).